The maximum atomic E-state index is 8.50. The summed E-state index contributed by atoms with van der Waals surface area (Å²) >= 11 is 0. The number of rotatable bonds is 6. The maximum Gasteiger partial charge on any atom is 0.0640 e. The topological polar surface area (TPSA) is 71.6 Å². The van der Waals surface area contributed by atoms with Crippen molar-refractivity contribution >= 4 is 11.4 Å². The average molecular weight is 228 g/mol. The van der Waals surface area contributed by atoms with E-state index >= 15 is 0 Å². The van der Waals surface area contributed by atoms with Gasteiger partial charge in [-0.25, -0.2) is 0 Å². The molecule has 0 atom stereocenters. The zero-order valence-corrected chi connectivity index (χ0v) is 9.95. The molecule has 0 radical (unpaired) electrons. The summed E-state index contributed by atoms with van der Waals surface area (Å²) in [5.74, 6) is 0. The van der Waals surface area contributed by atoms with Gasteiger partial charge in [0.15, 0.2) is 0 Å². The molecule has 0 spiro atoms. The lowest BCUT2D eigenvalue weighted by atomic mass is 10.2. The van der Waals surface area contributed by atoms with E-state index in [4.69, 9.17) is 10.5 Å². The molecule has 0 aromatic heterocycles. The van der Waals surface area contributed by atoms with E-state index in [1.807, 2.05) is 25.1 Å². The Kier molecular flexibility index (Phi) is 5.40. The summed E-state index contributed by atoms with van der Waals surface area (Å²) in [5.41, 5.74) is 3.12. The second kappa shape index (κ2) is 7.14. The van der Waals surface area contributed by atoms with Crippen molar-refractivity contribution in [1.29, 1.82) is 10.5 Å². The molecule has 0 saturated carbocycles. The highest BCUT2D eigenvalue weighted by atomic mass is 14.9. The van der Waals surface area contributed by atoms with Gasteiger partial charge < -0.3 is 10.6 Å². The van der Waals surface area contributed by atoms with Crippen LogP contribution in [0.15, 0.2) is 18.2 Å². The second-order valence-electron chi connectivity index (χ2n) is 3.72. The van der Waals surface area contributed by atoms with Crippen LogP contribution in [0, 0.1) is 29.6 Å². The molecule has 0 fully saturated rings. The van der Waals surface area contributed by atoms with Crippen LogP contribution in [-0.4, -0.2) is 13.1 Å². The highest BCUT2D eigenvalue weighted by molar-refractivity contribution is 5.69. The van der Waals surface area contributed by atoms with Gasteiger partial charge in [-0.2, -0.15) is 10.5 Å². The average Bonchev–Trinajstić information content (AvgIpc) is 2.32. The monoisotopic (exact) mass is 228 g/mol. The van der Waals surface area contributed by atoms with Crippen molar-refractivity contribution in [3.8, 4) is 12.1 Å². The Morgan fingerprint density at radius 2 is 1.59 bits per heavy atom. The van der Waals surface area contributed by atoms with Gasteiger partial charge in [0.1, 0.15) is 0 Å². The number of nitrogens with zero attached hydrogens (tertiary/aromatic N) is 2. The van der Waals surface area contributed by atoms with Gasteiger partial charge in [-0.3, -0.25) is 0 Å². The predicted molar refractivity (Wildman–Crippen MR) is 68.6 cm³/mol. The van der Waals surface area contributed by atoms with Crippen LogP contribution < -0.4 is 10.6 Å². The molecule has 2 N–H and O–H groups in total. The van der Waals surface area contributed by atoms with Gasteiger partial charge in [0.2, 0.25) is 0 Å². The van der Waals surface area contributed by atoms with E-state index < -0.39 is 0 Å². The fourth-order valence-electron chi connectivity index (χ4n) is 1.46. The number of benzene rings is 1. The van der Waals surface area contributed by atoms with Crippen molar-refractivity contribution in [2.75, 3.05) is 23.7 Å². The first-order valence-electron chi connectivity index (χ1n) is 5.60. The maximum absolute atomic E-state index is 8.50. The lowest BCUT2D eigenvalue weighted by molar-refractivity contribution is 1.06. The highest BCUT2D eigenvalue weighted by Gasteiger charge is 2.01. The summed E-state index contributed by atoms with van der Waals surface area (Å²) in [7, 11) is 0. The Bertz CT molecular complexity index is 440. The minimum atomic E-state index is 0.478. The lowest BCUT2D eigenvalue weighted by Gasteiger charge is -2.13. The normalized spacial score (nSPS) is 9.12. The molecule has 0 amide bonds. The van der Waals surface area contributed by atoms with Gasteiger partial charge in [-0.15, -0.1) is 0 Å². The van der Waals surface area contributed by atoms with E-state index in [0.717, 1.165) is 16.9 Å². The van der Waals surface area contributed by atoms with Crippen LogP contribution in [0.2, 0.25) is 0 Å². The summed E-state index contributed by atoms with van der Waals surface area (Å²) in [6.45, 7) is 3.29. The Hall–Kier alpha value is -2.20. The molecule has 0 heterocycles. The molecule has 1 aromatic carbocycles. The van der Waals surface area contributed by atoms with Crippen molar-refractivity contribution in [1.82, 2.24) is 0 Å². The minimum Gasteiger partial charge on any atom is -0.382 e. The van der Waals surface area contributed by atoms with E-state index in [1.165, 1.54) is 0 Å². The Morgan fingerprint density at radius 3 is 2.18 bits per heavy atom. The van der Waals surface area contributed by atoms with E-state index in [1.54, 1.807) is 0 Å². The number of aryl methyl sites for hydroxylation is 1. The van der Waals surface area contributed by atoms with Gasteiger partial charge in [0.25, 0.3) is 0 Å². The molecule has 0 aliphatic heterocycles. The van der Waals surface area contributed by atoms with Crippen LogP contribution >= 0.6 is 0 Å². The summed E-state index contributed by atoms with van der Waals surface area (Å²) in [4.78, 5) is 0. The zero-order valence-electron chi connectivity index (χ0n) is 9.95. The predicted octanol–water partition coefficient (Wildman–Crippen LogP) is 2.65. The highest BCUT2D eigenvalue weighted by Crippen LogP contribution is 2.22. The molecule has 1 aromatic rings. The summed E-state index contributed by atoms with van der Waals surface area (Å²) < 4.78 is 0. The Labute approximate surface area is 102 Å². The smallest absolute Gasteiger partial charge is 0.0640 e. The molecule has 0 aliphatic rings. The van der Waals surface area contributed by atoms with E-state index in [0.29, 0.717) is 25.9 Å². The molecular formula is C13H16N4. The molecule has 0 bridgehead atoms. The van der Waals surface area contributed by atoms with Crippen molar-refractivity contribution < 1.29 is 0 Å². The Morgan fingerprint density at radius 1 is 1.00 bits per heavy atom. The Balaban J connectivity index is 2.67. The number of nitriles is 2. The molecule has 4 nitrogen and oxygen atoms in total. The van der Waals surface area contributed by atoms with Crippen molar-refractivity contribution in [3.63, 3.8) is 0 Å². The third-order valence-electron chi connectivity index (χ3n) is 2.28. The lowest BCUT2D eigenvalue weighted by Crippen LogP contribution is -2.07. The fraction of sp³-hybridized carbons (Fsp3) is 0.385. The number of nitrogens with one attached hydrogen (secondary N) is 2. The van der Waals surface area contributed by atoms with Crippen LogP contribution in [0.4, 0.5) is 11.4 Å². The zero-order chi connectivity index (χ0) is 12.5. The van der Waals surface area contributed by atoms with Crippen LogP contribution in [-0.2, 0) is 0 Å². The molecule has 1 rings (SSSR count). The quantitative estimate of drug-likeness (QED) is 0.734. The standard InChI is InChI=1S/C13H16N4/c1-11-4-5-12(16-8-2-6-14)13(10-11)17-9-3-7-15/h4-5,10,16-17H,2-3,8-9H2,1H3. The van der Waals surface area contributed by atoms with Gasteiger partial charge in [-0.1, -0.05) is 6.07 Å². The molecule has 0 saturated heterocycles. The van der Waals surface area contributed by atoms with Gasteiger partial charge >= 0.3 is 0 Å². The largest absolute Gasteiger partial charge is 0.382 e. The van der Waals surface area contributed by atoms with E-state index in [2.05, 4.69) is 22.8 Å². The third kappa shape index (κ3) is 4.44. The molecule has 0 aliphatic carbocycles. The molecule has 88 valence electrons. The first-order chi connectivity index (χ1) is 8.27. The first-order valence-corrected chi connectivity index (χ1v) is 5.60. The SMILES string of the molecule is Cc1ccc(NCCC#N)c(NCCC#N)c1. The second-order valence-corrected chi connectivity index (χ2v) is 3.72. The van der Waals surface area contributed by atoms with Crippen molar-refractivity contribution in [3.05, 3.63) is 23.8 Å². The number of anilines is 2. The van der Waals surface area contributed by atoms with Crippen molar-refractivity contribution in [2.45, 2.75) is 19.8 Å². The minimum absolute atomic E-state index is 0.478. The summed E-state index contributed by atoms with van der Waals surface area (Å²) in [6.07, 6.45) is 0.955. The van der Waals surface area contributed by atoms with Crippen LogP contribution in [0.1, 0.15) is 18.4 Å². The summed E-state index contributed by atoms with van der Waals surface area (Å²) in [6, 6.07) is 10.2. The van der Waals surface area contributed by atoms with Crippen LogP contribution in [0.25, 0.3) is 0 Å². The van der Waals surface area contributed by atoms with Gasteiger partial charge in [-0.05, 0) is 24.6 Å². The van der Waals surface area contributed by atoms with Crippen LogP contribution in [0.3, 0.4) is 0 Å². The first kappa shape index (κ1) is 12.9. The fourth-order valence-corrected chi connectivity index (χ4v) is 1.46. The number of hydrogen-bond acceptors (Lipinski definition) is 4. The van der Waals surface area contributed by atoms with Crippen LogP contribution in [0.5, 0.6) is 0 Å². The molecule has 0 unspecified atom stereocenters. The number of hydrogen-bond donors (Lipinski definition) is 2. The third-order valence-corrected chi connectivity index (χ3v) is 2.28. The van der Waals surface area contributed by atoms with E-state index in [9.17, 15) is 0 Å². The van der Waals surface area contributed by atoms with Crippen molar-refractivity contribution in [2.24, 2.45) is 0 Å². The summed E-state index contributed by atoms with van der Waals surface area (Å²) in [5, 5.41) is 23.4. The van der Waals surface area contributed by atoms with Gasteiger partial charge in [0.05, 0.1) is 36.4 Å². The van der Waals surface area contributed by atoms with Gasteiger partial charge in [0, 0.05) is 13.1 Å². The molecular weight excluding hydrogens is 212 g/mol. The molecule has 4 heteroatoms. The molecule has 17 heavy (non-hydrogen) atoms. The van der Waals surface area contributed by atoms with E-state index in [-0.39, 0.29) is 0 Å².